The molecule has 2 fully saturated rings. The molecule has 2 aromatic rings. The summed E-state index contributed by atoms with van der Waals surface area (Å²) in [5, 5.41) is 0. The minimum absolute atomic E-state index is 0.713. The Morgan fingerprint density at radius 2 is 1.86 bits per heavy atom. The first-order chi connectivity index (χ1) is 10.7. The quantitative estimate of drug-likeness (QED) is 0.859. The molecule has 2 aliphatic heterocycles. The lowest BCUT2D eigenvalue weighted by molar-refractivity contribution is 0.274. The number of hydrogen-bond donors (Lipinski definition) is 0. The van der Waals surface area contributed by atoms with E-state index in [2.05, 4.69) is 38.6 Å². The molecule has 2 atom stereocenters. The molecule has 2 saturated heterocycles. The Kier molecular flexibility index (Phi) is 3.33. The third kappa shape index (κ3) is 2.37. The van der Waals surface area contributed by atoms with Crippen LogP contribution < -0.4 is 4.90 Å². The van der Waals surface area contributed by atoms with Crippen molar-refractivity contribution < 1.29 is 4.42 Å². The summed E-state index contributed by atoms with van der Waals surface area (Å²) in [7, 11) is 0. The van der Waals surface area contributed by atoms with E-state index in [1.807, 2.05) is 0 Å². The fraction of sp³-hybridized carbons (Fsp3) is 0.562. The van der Waals surface area contributed by atoms with Crippen LogP contribution in [-0.2, 0) is 6.54 Å². The van der Waals surface area contributed by atoms with E-state index < -0.39 is 0 Å². The molecule has 0 aromatic carbocycles. The van der Waals surface area contributed by atoms with Crippen molar-refractivity contribution in [1.29, 1.82) is 0 Å². The number of hydrogen-bond acceptors (Lipinski definition) is 6. The molecule has 2 aliphatic rings. The summed E-state index contributed by atoms with van der Waals surface area (Å²) in [6, 6.07) is 0. The third-order valence-electron chi connectivity index (χ3n) is 5.01. The van der Waals surface area contributed by atoms with Gasteiger partial charge in [0.1, 0.15) is 18.4 Å². The number of rotatable bonds is 3. The van der Waals surface area contributed by atoms with Crippen molar-refractivity contribution in [1.82, 2.24) is 19.9 Å². The minimum Gasteiger partial charge on any atom is -0.448 e. The van der Waals surface area contributed by atoms with Crippen molar-refractivity contribution >= 4 is 5.82 Å². The number of anilines is 1. The highest BCUT2D eigenvalue weighted by Crippen LogP contribution is 2.34. The summed E-state index contributed by atoms with van der Waals surface area (Å²) < 4.78 is 5.36. The van der Waals surface area contributed by atoms with Crippen LogP contribution in [-0.4, -0.2) is 46.0 Å². The highest BCUT2D eigenvalue weighted by Gasteiger charge is 2.40. The summed E-state index contributed by atoms with van der Waals surface area (Å²) >= 11 is 0. The number of aryl methyl sites for hydroxylation is 1. The molecule has 2 unspecified atom stereocenters. The summed E-state index contributed by atoms with van der Waals surface area (Å²) in [5.74, 6) is 3.36. The second-order valence-electron chi connectivity index (χ2n) is 6.45. The number of nitrogens with zero attached hydrogens (tertiary/aromatic N) is 5. The second-order valence-corrected chi connectivity index (χ2v) is 6.45. The maximum atomic E-state index is 5.36. The maximum absolute atomic E-state index is 5.36. The van der Waals surface area contributed by atoms with Crippen LogP contribution in [0.5, 0.6) is 0 Å². The van der Waals surface area contributed by atoms with Gasteiger partial charge in [0.15, 0.2) is 0 Å². The predicted molar refractivity (Wildman–Crippen MR) is 82.5 cm³/mol. The van der Waals surface area contributed by atoms with Crippen LogP contribution in [0.3, 0.4) is 0 Å². The Labute approximate surface area is 130 Å². The normalized spacial score (nSPS) is 24.9. The van der Waals surface area contributed by atoms with Crippen LogP contribution in [0, 0.1) is 25.7 Å². The number of fused-ring (bicyclic) bond motifs is 1. The van der Waals surface area contributed by atoms with Gasteiger partial charge in [-0.2, -0.15) is 0 Å². The zero-order chi connectivity index (χ0) is 15.1. The molecule has 4 heterocycles. The highest BCUT2D eigenvalue weighted by atomic mass is 16.3. The maximum Gasteiger partial charge on any atom is 0.208 e. The number of oxazole rings is 1. The molecule has 0 amide bonds. The molecule has 0 spiro atoms. The minimum atomic E-state index is 0.713. The fourth-order valence-corrected chi connectivity index (χ4v) is 3.76. The standard InChI is InChI=1S/C16H21N5O/c1-11-12(2)18-10-19-16(11)21-7-13-5-20(6-14(13)8-21)9-15-17-3-4-22-15/h3-4,10,13-14H,5-9H2,1-2H3. The van der Waals surface area contributed by atoms with Crippen molar-refractivity contribution in [3.05, 3.63) is 35.9 Å². The molecule has 6 nitrogen and oxygen atoms in total. The molecule has 22 heavy (non-hydrogen) atoms. The second kappa shape index (κ2) is 5.35. The van der Waals surface area contributed by atoms with Crippen LogP contribution in [0.1, 0.15) is 17.1 Å². The molecule has 0 N–H and O–H groups in total. The molecular weight excluding hydrogens is 278 g/mol. The molecule has 2 aromatic heterocycles. The summed E-state index contributed by atoms with van der Waals surface area (Å²) in [4.78, 5) is 17.9. The van der Waals surface area contributed by atoms with Crippen LogP contribution >= 0.6 is 0 Å². The van der Waals surface area contributed by atoms with Gasteiger partial charge in [0, 0.05) is 37.4 Å². The molecule has 0 saturated carbocycles. The lowest BCUT2D eigenvalue weighted by Crippen LogP contribution is -2.29. The largest absolute Gasteiger partial charge is 0.448 e. The number of aromatic nitrogens is 3. The topological polar surface area (TPSA) is 58.3 Å². The van der Waals surface area contributed by atoms with Gasteiger partial charge in [0.2, 0.25) is 5.89 Å². The van der Waals surface area contributed by atoms with Gasteiger partial charge in [-0.15, -0.1) is 0 Å². The van der Waals surface area contributed by atoms with Gasteiger partial charge >= 0.3 is 0 Å². The first kappa shape index (κ1) is 13.7. The summed E-state index contributed by atoms with van der Waals surface area (Å²) in [6.45, 7) is 9.40. The predicted octanol–water partition coefficient (Wildman–Crippen LogP) is 1.65. The van der Waals surface area contributed by atoms with Crippen molar-refractivity contribution in [2.75, 3.05) is 31.1 Å². The van der Waals surface area contributed by atoms with Gasteiger partial charge in [-0.3, -0.25) is 4.90 Å². The molecule has 4 rings (SSSR count). The zero-order valence-electron chi connectivity index (χ0n) is 13.1. The molecule has 0 aliphatic carbocycles. The SMILES string of the molecule is Cc1ncnc(N2CC3CN(Cc4ncco4)CC3C2)c1C. The monoisotopic (exact) mass is 299 g/mol. The lowest BCUT2D eigenvalue weighted by atomic mass is 10.0. The van der Waals surface area contributed by atoms with E-state index in [1.54, 1.807) is 18.8 Å². The Balaban J connectivity index is 1.42. The van der Waals surface area contributed by atoms with E-state index in [4.69, 9.17) is 4.42 Å². The fourth-order valence-electron chi connectivity index (χ4n) is 3.76. The van der Waals surface area contributed by atoms with E-state index in [0.717, 1.165) is 50.1 Å². The molecule has 116 valence electrons. The molecule has 0 radical (unpaired) electrons. The van der Waals surface area contributed by atoms with E-state index in [1.165, 1.54) is 5.56 Å². The van der Waals surface area contributed by atoms with Crippen molar-refractivity contribution in [3.63, 3.8) is 0 Å². The van der Waals surface area contributed by atoms with Crippen LogP contribution in [0.15, 0.2) is 23.2 Å². The van der Waals surface area contributed by atoms with Crippen molar-refractivity contribution in [2.24, 2.45) is 11.8 Å². The first-order valence-electron chi connectivity index (χ1n) is 7.84. The Bertz CT molecular complexity index is 643. The van der Waals surface area contributed by atoms with Gasteiger partial charge in [0.25, 0.3) is 0 Å². The number of likely N-dealkylation sites (tertiary alicyclic amines) is 1. The van der Waals surface area contributed by atoms with E-state index in [9.17, 15) is 0 Å². The van der Waals surface area contributed by atoms with Gasteiger partial charge in [-0.1, -0.05) is 0 Å². The molecule has 6 heteroatoms. The summed E-state index contributed by atoms with van der Waals surface area (Å²) in [5.41, 5.74) is 2.28. The zero-order valence-corrected chi connectivity index (χ0v) is 13.1. The van der Waals surface area contributed by atoms with E-state index in [-0.39, 0.29) is 0 Å². The van der Waals surface area contributed by atoms with E-state index in [0.29, 0.717) is 11.8 Å². The van der Waals surface area contributed by atoms with Crippen LogP contribution in [0.2, 0.25) is 0 Å². The van der Waals surface area contributed by atoms with Crippen LogP contribution in [0.4, 0.5) is 5.82 Å². The Hall–Kier alpha value is -1.95. The van der Waals surface area contributed by atoms with Gasteiger partial charge in [-0.25, -0.2) is 15.0 Å². The average Bonchev–Trinajstić information content (AvgIpc) is 3.18. The summed E-state index contributed by atoms with van der Waals surface area (Å²) in [6.07, 6.45) is 5.04. The van der Waals surface area contributed by atoms with Gasteiger partial charge in [0.05, 0.1) is 12.7 Å². The van der Waals surface area contributed by atoms with Gasteiger partial charge < -0.3 is 9.32 Å². The first-order valence-corrected chi connectivity index (χ1v) is 7.84. The third-order valence-corrected chi connectivity index (χ3v) is 5.01. The Morgan fingerprint density at radius 3 is 2.55 bits per heavy atom. The average molecular weight is 299 g/mol. The van der Waals surface area contributed by atoms with Gasteiger partial charge in [-0.05, 0) is 25.7 Å². The van der Waals surface area contributed by atoms with Crippen molar-refractivity contribution in [3.8, 4) is 0 Å². The smallest absolute Gasteiger partial charge is 0.208 e. The molecule has 0 bridgehead atoms. The molecular formula is C16H21N5O. The van der Waals surface area contributed by atoms with Crippen LogP contribution in [0.25, 0.3) is 0 Å². The van der Waals surface area contributed by atoms with Crippen molar-refractivity contribution in [2.45, 2.75) is 20.4 Å². The highest BCUT2D eigenvalue weighted by molar-refractivity contribution is 5.48. The van der Waals surface area contributed by atoms with E-state index >= 15 is 0 Å². The Morgan fingerprint density at radius 1 is 1.09 bits per heavy atom. The lowest BCUT2D eigenvalue weighted by Gasteiger charge is -2.23.